The highest BCUT2D eigenvalue weighted by atomic mass is 16.8. The Kier molecular flexibility index (Phi) is 8.43. The van der Waals surface area contributed by atoms with Gasteiger partial charge in [-0.3, -0.25) is 0 Å². The first-order chi connectivity index (χ1) is 15.6. The predicted octanol–water partition coefficient (Wildman–Crippen LogP) is 3.25. The molecular formula is C22H33N6O4+. The maximum atomic E-state index is 12.1. The maximum Gasteiger partial charge on any atom is 0.376 e. The van der Waals surface area contributed by atoms with Gasteiger partial charge < -0.3 is 25.8 Å². The van der Waals surface area contributed by atoms with Crippen LogP contribution in [0.4, 0.5) is 17.5 Å². The minimum atomic E-state index is 0.226. The first-order valence-corrected chi connectivity index (χ1v) is 10.9. The maximum absolute atomic E-state index is 12.1. The van der Waals surface area contributed by atoms with Crippen molar-refractivity contribution < 1.29 is 19.2 Å². The summed E-state index contributed by atoms with van der Waals surface area (Å²) >= 11 is 0. The number of nitrogens with two attached hydrogens (primary N) is 1. The van der Waals surface area contributed by atoms with Crippen molar-refractivity contribution in [1.82, 2.24) is 9.97 Å². The van der Waals surface area contributed by atoms with E-state index in [0.29, 0.717) is 46.6 Å². The number of nitrogens with one attached hydrogen (secondary N) is 2. The van der Waals surface area contributed by atoms with Crippen LogP contribution in [0.25, 0.3) is 0 Å². The molecule has 1 aliphatic carbocycles. The van der Waals surface area contributed by atoms with E-state index >= 15 is 0 Å². The van der Waals surface area contributed by atoms with Gasteiger partial charge in [0.15, 0.2) is 7.11 Å². The zero-order valence-corrected chi connectivity index (χ0v) is 19.0. The largest absolute Gasteiger partial charge is 0.496 e. The summed E-state index contributed by atoms with van der Waals surface area (Å²) in [6, 6.07) is 5.59. The molecule has 0 bridgehead atoms. The third-order valence-electron chi connectivity index (χ3n) is 5.94. The van der Waals surface area contributed by atoms with Gasteiger partial charge in [-0.15, -0.1) is 0 Å². The lowest BCUT2D eigenvalue weighted by atomic mass is 9.82. The summed E-state index contributed by atoms with van der Waals surface area (Å²) in [5.74, 6) is 3.33. The van der Waals surface area contributed by atoms with Crippen molar-refractivity contribution in [1.29, 1.82) is 0 Å². The summed E-state index contributed by atoms with van der Waals surface area (Å²) in [7, 11) is 4.53. The number of hydrogen-bond donors (Lipinski definition) is 3. The second kappa shape index (κ2) is 11.5. The van der Waals surface area contributed by atoms with Crippen molar-refractivity contribution in [2.24, 2.45) is 17.6 Å². The lowest BCUT2D eigenvalue weighted by Crippen LogP contribution is -2.25. The van der Waals surface area contributed by atoms with Crippen LogP contribution >= 0.6 is 0 Å². The number of anilines is 2. The molecule has 4 N–H and O–H groups in total. The van der Waals surface area contributed by atoms with Crippen LogP contribution in [0, 0.1) is 16.7 Å². The number of methoxy groups -OCH3 is 2. The summed E-state index contributed by atoms with van der Waals surface area (Å²) < 4.78 is 10.9. The van der Waals surface area contributed by atoms with Crippen LogP contribution in [0.5, 0.6) is 11.5 Å². The minimum Gasteiger partial charge on any atom is -0.496 e. The topological polar surface area (TPSA) is 124 Å². The molecule has 0 atom stereocenters. The highest BCUT2D eigenvalue weighted by molar-refractivity contribution is 5.57. The van der Waals surface area contributed by atoms with Crippen LogP contribution in [0.15, 0.2) is 24.4 Å². The van der Waals surface area contributed by atoms with Gasteiger partial charge >= 0.3 is 5.69 Å². The molecule has 0 unspecified atom stereocenters. The lowest BCUT2D eigenvalue weighted by Gasteiger charge is -2.27. The molecule has 0 amide bonds. The highest BCUT2D eigenvalue weighted by Crippen LogP contribution is 2.31. The zero-order chi connectivity index (χ0) is 22.9. The van der Waals surface area contributed by atoms with E-state index in [0.717, 1.165) is 44.3 Å². The smallest absolute Gasteiger partial charge is 0.376 e. The van der Waals surface area contributed by atoms with Gasteiger partial charge in [0.2, 0.25) is 11.8 Å². The molecule has 0 spiro atoms. The number of rotatable bonds is 11. The molecule has 174 valence electrons. The summed E-state index contributed by atoms with van der Waals surface area (Å²) in [6.07, 6.45) is 5.94. The molecule has 0 saturated heterocycles. The molecule has 1 saturated carbocycles. The van der Waals surface area contributed by atoms with Crippen molar-refractivity contribution in [3.8, 4) is 11.5 Å². The molecule has 10 heteroatoms. The van der Waals surface area contributed by atoms with E-state index in [1.165, 1.54) is 13.3 Å². The fraction of sp³-hybridized carbons (Fsp3) is 0.545. The molecule has 1 heterocycles. The van der Waals surface area contributed by atoms with Gasteiger partial charge in [-0.25, -0.2) is 9.82 Å². The second-order valence-corrected chi connectivity index (χ2v) is 7.87. The van der Waals surface area contributed by atoms with Crippen molar-refractivity contribution >= 4 is 17.5 Å². The average molecular weight is 446 g/mol. The van der Waals surface area contributed by atoms with Gasteiger partial charge in [-0.2, -0.15) is 4.98 Å². The molecule has 1 aromatic carbocycles. The third-order valence-corrected chi connectivity index (χ3v) is 5.94. The van der Waals surface area contributed by atoms with Crippen LogP contribution in [0.3, 0.4) is 0 Å². The Bertz CT molecular complexity index is 880. The van der Waals surface area contributed by atoms with Crippen LogP contribution in [-0.4, -0.2) is 49.3 Å². The van der Waals surface area contributed by atoms with Crippen molar-refractivity contribution in [2.75, 3.05) is 45.1 Å². The zero-order valence-electron chi connectivity index (χ0n) is 19.0. The van der Waals surface area contributed by atoms with E-state index in [2.05, 4.69) is 20.6 Å². The highest BCUT2D eigenvalue weighted by Gasteiger charge is 2.26. The number of aromatic nitrogens is 2. The molecule has 32 heavy (non-hydrogen) atoms. The van der Waals surface area contributed by atoms with Gasteiger partial charge in [-0.05, 0) is 56.2 Å². The van der Waals surface area contributed by atoms with Gasteiger partial charge in [0.25, 0.3) is 4.92 Å². The second-order valence-electron chi connectivity index (χ2n) is 7.87. The van der Waals surface area contributed by atoms with Gasteiger partial charge in [0, 0.05) is 6.54 Å². The molecule has 10 nitrogen and oxygen atoms in total. The molecule has 0 aliphatic heterocycles. The van der Waals surface area contributed by atoms with Crippen LogP contribution in [-0.2, 0) is 11.4 Å². The average Bonchev–Trinajstić information content (AvgIpc) is 2.85. The Balaban J connectivity index is 1.72. The summed E-state index contributed by atoms with van der Waals surface area (Å²) in [6.45, 7) is 1.86. The summed E-state index contributed by atoms with van der Waals surface area (Å²) in [5.41, 5.74) is 6.87. The van der Waals surface area contributed by atoms with Gasteiger partial charge in [-0.1, -0.05) is 6.07 Å². The Labute approximate surface area is 188 Å². The quantitative estimate of drug-likeness (QED) is 0.447. The number of ether oxygens (including phenoxy) is 2. The van der Waals surface area contributed by atoms with E-state index in [1.54, 1.807) is 14.2 Å². The predicted molar refractivity (Wildman–Crippen MR) is 122 cm³/mol. The Morgan fingerprint density at radius 1 is 1.06 bits per heavy atom. The Hall–Kier alpha value is -3.14. The van der Waals surface area contributed by atoms with E-state index in [9.17, 15) is 4.91 Å². The first-order valence-electron chi connectivity index (χ1n) is 10.9. The normalized spacial score (nSPS) is 18.0. The third kappa shape index (κ3) is 5.76. The SMILES string of the molecule is COc1cccc(OC)c1CNc1ncc([N+](=O)OC)c(NCC2CCC(CN)CC2)n1. The Morgan fingerprint density at radius 3 is 2.31 bits per heavy atom. The van der Waals surface area contributed by atoms with Crippen LogP contribution in [0.2, 0.25) is 0 Å². The van der Waals surface area contributed by atoms with Gasteiger partial charge in [0.05, 0.1) is 31.2 Å². The van der Waals surface area contributed by atoms with E-state index in [4.69, 9.17) is 20.0 Å². The van der Waals surface area contributed by atoms with Crippen LogP contribution < -0.4 is 25.8 Å². The molecule has 1 aliphatic rings. The lowest BCUT2D eigenvalue weighted by molar-refractivity contribution is -0.736. The molecule has 2 aromatic rings. The molecule has 3 rings (SSSR count). The minimum absolute atomic E-state index is 0.226. The van der Waals surface area contributed by atoms with E-state index < -0.39 is 0 Å². The molecule has 1 fully saturated rings. The van der Waals surface area contributed by atoms with E-state index in [-0.39, 0.29) is 5.69 Å². The fourth-order valence-corrected chi connectivity index (χ4v) is 4.00. The number of nitrogens with zero attached hydrogens (tertiary/aromatic N) is 3. The molecular weight excluding hydrogens is 412 g/mol. The molecule has 1 aromatic heterocycles. The van der Waals surface area contributed by atoms with Crippen LogP contribution in [0.1, 0.15) is 31.2 Å². The molecule has 0 radical (unpaired) electrons. The number of hydrogen-bond acceptors (Lipinski definition) is 9. The van der Waals surface area contributed by atoms with Gasteiger partial charge in [0.1, 0.15) is 17.7 Å². The van der Waals surface area contributed by atoms with Crippen molar-refractivity contribution in [3.63, 3.8) is 0 Å². The van der Waals surface area contributed by atoms with Crippen molar-refractivity contribution in [3.05, 3.63) is 34.9 Å². The van der Waals surface area contributed by atoms with Crippen molar-refractivity contribution in [2.45, 2.75) is 32.2 Å². The summed E-state index contributed by atoms with van der Waals surface area (Å²) in [5, 5.41) is 6.51. The monoisotopic (exact) mass is 445 g/mol. The Morgan fingerprint density at radius 2 is 1.72 bits per heavy atom. The fourth-order valence-electron chi connectivity index (χ4n) is 4.00. The first kappa shape index (κ1) is 23.5. The standard InChI is InChI=1S/C22H33N6O4/c1-30-19-5-4-6-20(31-2)17(19)13-25-22-26-14-18(28(29)32-3)21(27-22)24-12-16-9-7-15(11-23)8-10-16/h4-6,14-16H,7-13,23H2,1-3H3,(H2,24,25,26,27)/q+1. The summed E-state index contributed by atoms with van der Waals surface area (Å²) in [4.78, 5) is 26.2. The number of benzene rings is 1. The van der Waals surface area contributed by atoms with E-state index in [1.807, 2.05) is 18.2 Å².